The van der Waals surface area contributed by atoms with E-state index < -0.39 is 11.8 Å². The number of hydrogen-bond acceptors (Lipinski definition) is 5. The molecule has 0 radical (unpaired) electrons. The normalized spacial score (nSPS) is 10.6. The molecule has 0 aliphatic heterocycles. The number of rotatable bonds is 7. The van der Waals surface area contributed by atoms with Crippen LogP contribution in [-0.2, 0) is 16.2 Å². The third-order valence-electron chi connectivity index (χ3n) is 3.51. The van der Waals surface area contributed by atoms with Crippen LogP contribution in [0.25, 0.3) is 0 Å². The summed E-state index contributed by atoms with van der Waals surface area (Å²) in [7, 11) is 1.51. The van der Waals surface area contributed by atoms with E-state index in [0.29, 0.717) is 33.7 Å². The van der Waals surface area contributed by atoms with E-state index in [1.54, 1.807) is 43.3 Å². The molecule has 2 rings (SSSR count). The molecule has 0 spiro atoms. The lowest BCUT2D eigenvalue weighted by atomic mass is 10.2. The molecule has 2 aromatic rings. The van der Waals surface area contributed by atoms with Crippen molar-refractivity contribution in [2.75, 3.05) is 13.7 Å². The maximum Gasteiger partial charge on any atom is 0.329 e. The Hall–Kier alpha value is -2.77. The van der Waals surface area contributed by atoms with E-state index in [1.807, 2.05) is 0 Å². The highest BCUT2D eigenvalue weighted by atomic mass is 35.5. The van der Waals surface area contributed by atoms with Crippen LogP contribution in [0.15, 0.2) is 41.5 Å². The smallest absolute Gasteiger partial charge is 0.329 e. The van der Waals surface area contributed by atoms with Gasteiger partial charge in [0.2, 0.25) is 0 Å². The molecule has 0 saturated heterocycles. The molecule has 7 nitrogen and oxygen atoms in total. The fourth-order valence-corrected chi connectivity index (χ4v) is 2.60. The first kappa shape index (κ1) is 21.5. The standard InChI is InChI=1S/C19H19Cl2N3O4/c1-3-22-18(25)19(26)24-23-10-12-4-7-16(17(8-12)27-2)28-11-13-5-6-14(20)9-15(13)21/h4-10H,3,11H2,1-2H3,(H,22,25)(H,24,26)/b23-10-. The van der Waals surface area contributed by atoms with Gasteiger partial charge >= 0.3 is 11.8 Å². The Labute approximate surface area is 172 Å². The van der Waals surface area contributed by atoms with Crippen LogP contribution in [0, 0.1) is 0 Å². The number of amides is 2. The van der Waals surface area contributed by atoms with Gasteiger partial charge < -0.3 is 14.8 Å². The number of methoxy groups -OCH3 is 1. The van der Waals surface area contributed by atoms with Crippen LogP contribution >= 0.6 is 23.2 Å². The lowest BCUT2D eigenvalue weighted by molar-refractivity contribution is -0.139. The van der Waals surface area contributed by atoms with Crippen LogP contribution in [-0.4, -0.2) is 31.7 Å². The average Bonchev–Trinajstić information content (AvgIpc) is 2.67. The Balaban J connectivity index is 2.02. The fourth-order valence-electron chi connectivity index (χ4n) is 2.14. The largest absolute Gasteiger partial charge is 0.493 e. The van der Waals surface area contributed by atoms with E-state index >= 15 is 0 Å². The summed E-state index contributed by atoms with van der Waals surface area (Å²) in [6, 6.07) is 10.3. The maximum atomic E-state index is 11.5. The van der Waals surface area contributed by atoms with Gasteiger partial charge in [0.15, 0.2) is 11.5 Å². The Bertz CT molecular complexity index is 887. The quantitative estimate of drug-likeness (QED) is 0.406. The first-order chi connectivity index (χ1) is 13.4. The van der Waals surface area contributed by atoms with Crippen LogP contribution in [0.1, 0.15) is 18.1 Å². The van der Waals surface area contributed by atoms with Gasteiger partial charge in [-0.2, -0.15) is 5.10 Å². The van der Waals surface area contributed by atoms with Crippen molar-refractivity contribution in [1.29, 1.82) is 0 Å². The molecule has 0 fully saturated rings. The SMILES string of the molecule is CCNC(=O)C(=O)N/N=C\c1ccc(OCc2ccc(Cl)cc2Cl)c(OC)c1. The zero-order valence-electron chi connectivity index (χ0n) is 15.3. The maximum absolute atomic E-state index is 11.5. The second kappa shape index (κ2) is 10.5. The molecular weight excluding hydrogens is 405 g/mol. The van der Waals surface area contributed by atoms with Gasteiger partial charge in [0, 0.05) is 22.2 Å². The van der Waals surface area contributed by atoms with Gasteiger partial charge in [0.25, 0.3) is 0 Å². The molecule has 0 heterocycles. The van der Waals surface area contributed by atoms with Crippen molar-refractivity contribution in [1.82, 2.24) is 10.7 Å². The highest BCUT2D eigenvalue weighted by Crippen LogP contribution is 2.29. The summed E-state index contributed by atoms with van der Waals surface area (Å²) in [5, 5.41) is 7.19. The molecule has 0 unspecified atom stereocenters. The molecule has 0 aliphatic carbocycles. The van der Waals surface area contributed by atoms with Gasteiger partial charge in [0.1, 0.15) is 6.61 Å². The lowest BCUT2D eigenvalue weighted by Crippen LogP contribution is -2.37. The molecule has 0 bridgehead atoms. The van der Waals surface area contributed by atoms with Gasteiger partial charge in [-0.15, -0.1) is 0 Å². The van der Waals surface area contributed by atoms with E-state index in [-0.39, 0.29) is 6.61 Å². The first-order valence-corrected chi connectivity index (χ1v) is 9.06. The second-order valence-electron chi connectivity index (χ2n) is 5.49. The van der Waals surface area contributed by atoms with Crippen LogP contribution in [0.2, 0.25) is 10.0 Å². The predicted octanol–water partition coefficient (Wildman–Crippen LogP) is 3.17. The number of hydrazone groups is 1. The summed E-state index contributed by atoms with van der Waals surface area (Å²) in [6.07, 6.45) is 1.39. The minimum Gasteiger partial charge on any atom is -0.493 e. The summed E-state index contributed by atoms with van der Waals surface area (Å²) < 4.78 is 11.1. The number of carbonyl (C=O) groups is 2. The summed E-state index contributed by atoms with van der Waals surface area (Å²) in [5.41, 5.74) is 3.57. The summed E-state index contributed by atoms with van der Waals surface area (Å²) in [5.74, 6) is -0.604. The fraction of sp³-hybridized carbons (Fsp3) is 0.211. The number of benzene rings is 2. The summed E-state index contributed by atoms with van der Waals surface area (Å²) in [6.45, 7) is 2.31. The molecule has 2 amide bonds. The van der Waals surface area contributed by atoms with E-state index in [2.05, 4.69) is 15.8 Å². The van der Waals surface area contributed by atoms with Crippen molar-refractivity contribution in [3.05, 3.63) is 57.6 Å². The Morgan fingerprint density at radius 3 is 2.57 bits per heavy atom. The van der Waals surface area contributed by atoms with Gasteiger partial charge in [-0.25, -0.2) is 5.43 Å². The van der Waals surface area contributed by atoms with Gasteiger partial charge in [-0.3, -0.25) is 9.59 Å². The van der Waals surface area contributed by atoms with Crippen LogP contribution in [0.5, 0.6) is 11.5 Å². The van der Waals surface area contributed by atoms with Crippen LogP contribution < -0.4 is 20.2 Å². The Morgan fingerprint density at radius 2 is 1.89 bits per heavy atom. The van der Waals surface area contributed by atoms with Gasteiger partial charge in [-0.05, 0) is 42.8 Å². The molecule has 0 aliphatic rings. The second-order valence-corrected chi connectivity index (χ2v) is 6.34. The van der Waals surface area contributed by atoms with Crippen molar-refractivity contribution in [3.63, 3.8) is 0 Å². The first-order valence-electron chi connectivity index (χ1n) is 8.30. The van der Waals surface area contributed by atoms with Crippen LogP contribution in [0.4, 0.5) is 0 Å². The minimum absolute atomic E-state index is 0.238. The molecular formula is C19H19Cl2N3O4. The zero-order valence-corrected chi connectivity index (χ0v) is 16.8. The van der Waals surface area contributed by atoms with E-state index in [0.717, 1.165) is 5.56 Å². The van der Waals surface area contributed by atoms with Crippen molar-refractivity contribution < 1.29 is 19.1 Å². The van der Waals surface area contributed by atoms with Crippen molar-refractivity contribution >= 4 is 41.2 Å². The monoisotopic (exact) mass is 423 g/mol. The minimum atomic E-state index is -0.843. The molecule has 28 heavy (non-hydrogen) atoms. The third-order valence-corrected chi connectivity index (χ3v) is 4.10. The van der Waals surface area contributed by atoms with Gasteiger partial charge in [0.05, 0.1) is 13.3 Å². The van der Waals surface area contributed by atoms with Crippen LogP contribution in [0.3, 0.4) is 0 Å². The van der Waals surface area contributed by atoms with Crippen molar-refractivity contribution in [2.45, 2.75) is 13.5 Å². The van der Waals surface area contributed by atoms with Gasteiger partial charge in [-0.1, -0.05) is 29.3 Å². The topological polar surface area (TPSA) is 89.0 Å². The molecule has 2 aromatic carbocycles. The van der Waals surface area contributed by atoms with E-state index in [4.69, 9.17) is 32.7 Å². The Kier molecular flexibility index (Phi) is 8.10. The average molecular weight is 424 g/mol. The summed E-state index contributed by atoms with van der Waals surface area (Å²) >= 11 is 12.0. The molecule has 2 N–H and O–H groups in total. The molecule has 9 heteroatoms. The number of hydrogen-bond donors (Lipinski definition) is 2. The van der Waals surface area contributed by atoms with E-state index in [9.17, 15) is 9.59 Å². The molecule has 0 aromatic heterocycles. The highest BCUT2D eigenvalue weighted by Gasteiger charge is 2.11. The number of nitrogens with one attached hydrogen (secondary N) is 2. The number of halogens is 2. The molecule has 148 valence electrons. The number of ether oxygens (including phenoxy) is 2. The van der Waals surface area contributed by atoms with Crippen molar-refractivity contribution in [3.8, 4) is 11.5 Å². The third kappa shape index (κ3) is 6.14. The highest BCUT2D eigenvalue weighted by molar-refractivity contribution is 6.35. The Morgan fingerprint density at radius 1 is 1.11 bits per heavy atom. The molecule has 0 saturated carbocycles. The number of carbonyl (C=O) groups excluding carboxylic acids is 2. The lowest BCUT2D eigenvalue weighted by Gasteiger charge is -2.12. The zero-order chi connectivity index (χ0) is 20.5. The summed E-state index contributed by atoms with van der Waals surface area (Å²) in [4.78, 5) is 22.8. The van der Waals surface area contributed by atoms with Crippen molar-refractivity contribution in [2.24, 2.45) is 5.10 Å². The molecule has 0 atom stereocenters. The van der Waals surface area contributed by atoms with E-state index in [1.165, 1.54) is 13.3 Å². The number of likely N-dealkylation sites (N-methyl/N-ethyl adjacent to an activating group) is 1. The predicted molar refractivity (Wildman–Crippen MR) is 108 cm³/mol. The number of nitrogens with zero attached hydrogens (tertiary/aromatic N) is 1.